The molecule has 1 N–H and O–H groups in total. The topological polar surface area (TPSA) is 64.9 Å². The quantitative estimate of drug-likeness (QED) is 0.781. The number of halogens is 1. The van der Waals surface area contributed by atoms with Gasteiger partial charge in [0, 0.05) is 24.0 Å². The van der Waals surface area contributed by atoms with E-state index < -0.39 is 0 Å². The lowest BCUT2D eigenvalue weighted by Crippen LogP contribution is -2.23. The largest absolute Gasteiger partial charge is 0.497 e. The second-order valence-electron chi connectivity index (χ2n) is 5.13. The van der Waals surface area contributed by atoms with E-state index in [1.165, 1.54) is 26.5 Å². The molecule has 0 saturated heterocycles. The summed E-state index contributed by atoms with van der Waals surface area (Å²) in [7, 11) is 3.04. The highest BCUT2D eigenvalue weighted by Crippen LogP contribution is 2.22. The van der Waals surface area contributed by atoms with Crippen molar-refractivity contribution in [1.29, 1.82) is 0 Å². The summed E-state index contributed by atoms with van der Waals surface area (Å²) in [6.45, 7) is 0.224. The van der Waals surface area contributed by atoms with Gasteiger partial charge in [-0.15, -0.1) is 0 Å². The van der Waals surface area contributed by atoms with Gasteiger partial charge in [0.25, 0.3) is 5.91 Å². The van der Waals surface area contributed by atoms with Gasteiger partial charge in [-0.2, -0.15) is 0 Å². The molecule has 3 rings (SSSR count). The van der Waals surface area contributed by atoms with Crippen LogP contribution in [0.1, 0.15) is 16.1 Å². The van der Waals surface area contributed by atoms with Crippen LogP contribution in [0.15, 0.2) is 42.7 Å². The smallest absolute Gasteiger partial charge is 0.251 e. The average molecular weight is 329 g/mol. The molecule has 0 unspecified atom stereocenters. The van der Waals surface area contributed by atoms with Crippen LogP contribution in [0, 0.1) is 5.82 Å². The fraction of sp³-hybridized carbons (Fsp3) is 0.176. The molecular formula is C17H16FN3O3. The molecule has 0 radical (unpaired) electrons. The molecule has 0 fully saturated rings. The van der Waals surface area contributed by atoms with Gasteiger partial charge >= 0.3 is 0 Å². The van der Waals surface area contributed by atoms with Crippen molar-refractivity contribution >= 4 is 11.6 Å². The molecule has 0 bridgehead atoms. The zero-order valence-corrected chi connectivity index (χ0v) is 13.2. The first-order valence-corrected chi connectivity index (χ1v) is 7.23. The van der Waals surface area contributed by atoms with Crippen LogP contribution in [0.5, 0.6) is 11.5 Å². The Morgan fingerprint density at radius 3 is 2.54 bits per heavy atom. The van der Waals surface area contributed by atoms with Crippen LogP contribution >= 0.6 is 0 Å². The summed E-state index contributed by atoms with van der Waals surface area (Å²) in [5.41, 5.74) is 1.66. The molecule has 1 aromatic carbocycles. The van der Waals surface area contributed by atoms with Gasteiger partial charge in [0.1, 0.15) is 23.0 Å². The molecule has 0 saturated carbocycles. The molecule has 7 heteroatoms. The fourth-order valence-corrected chi connectivity index (χ4v) is 2.31. The Bertz CT molecular complexity index is 870. The van der Waals surface area contributed by atoms with E-state index >= 15 is 0 Å². The standard InChI is InChI=1S/C17H16FN3O3/c1-23-14-5-11(6-15(7-14)24-2)17(22)19-8-13-10-21-9-12(18)3-4-16(21)20-13/h3-7,9-10H,8H2,1-2H3,(H,19,22). The third kappa shape index (κ3) is 3.29. The van der Waals surface area contributed by atoms with Crippen LogP contribution in [0.4, 0.5) is 4.39 Å². The number of fused-ring (bicyclic) bond motifs is 1. The van der Waals surface area contributed by atoms with Crippen LogP contribution in [-0.4, -0.2) is 29.5 Å². The lowest BCUT2D eigenvalue weighted by atomic mass is 10.2. The van der Waals surface area contributed by atoms with Crippen LogP contribution < -0.4 is 14.8 Å². The maximum absolute atomic E-state index is 13.2. The number of benzene rings is 1. The fourth-order valence-electron chi connectivity index (χ4n) is 2.31. The van der Waals surface area contributed by atoms with Crippen molar-refractivity contribution in [3.63, 3.8) is 0 Å². The predicted octanol–water partition coefficient (Wildman–Crippen LogP) is 2.42. The van der Waals surface area contributed by atoms with E-state index in [1.807, 2.05) is 0 Å². The molecule has 2 aromatic heterocycles. The van der Waals surface area contributed by atoms with Crippen molar-refractivity contribution in [2.45, 2.75) is 6.54 Å². The summed E-state index contributed by atoms with van der Waals surface area (Å²) in [4.78, 5) is 16.6. The van der Waals surface area contributed by atoms with Gasteiger partial charge < -0.3 is 19.2 Å². The Labute approximate surface area is 137 Å². The molecule has 0 spiro atoms. The average Bonchev–Trinajstić information content (AvgIpc) is 3.01. The lowest BCUT2D eigenvalue weighted by molar-refractivity contribution is 0.0949. The van der Waals surface area contributed by atoms with Gasteiger partial charge in [-0.25, -0.2) is 9.37 Å². The predicted molar refractivity (Wildman–Crippen MR) is 85.9 cm³/mol. The van der Waals surface area contributed by atoms with Crippen molar-refractivity contribution in [3.8, 4) is 11.5 Å². The van der Waals surface area contributed by atoms with E-state index in [-0.39, 0.29) is 18.3 Å². The summed E-state index contributed by atoms with van der Waals surface area (Å²) in [6.07, 6.45) is 3.01. The van der Waals surface area contributed by atoms with Crippen molar-refractivity contribution in [1.82, 2.24) is 14.7 Å². The zero-order chi connectivity index (χ0) is 17.1. The first-order valence-electron chi connectivity index (χ1n) is 7.23. The number of hydrogen-bond donors (Lipinski definition) is 1. The van der Waals surface area contributed by atoms with E-state index in [1.54, 1.807) is 34.9 Å². The molecule has 6 nitrogen and oxygen atoms in total. The van der Waals surface area contributed by atoms with Gasteiger partial charge in [0.15, 0.2) is 0 Å². The molecule has 3 aromatic rings. The molecule has 0 aliphatic heterocycles. The zero-order valence-electron chi connectivity index (χ0n) is 13.2. The van der Waals surface area contributed by atoms with E-state index in [0.29, 0.717) is 28.4 Å². The van der Waals surface area contributed by atoms with Crippen LogP contribution in [-0.2, 0) is 6.54 Å². The van der Waals surface area contributed by atoms with Gasteiger partial charge in [-0.3, -0.25) is 4.79 Å². The number of ether oxygens (including phenoxy) is 2. The van der Waals surface area contributed by atoms with E-state index in [2.05, 4.69) is 10.3 Å². The molecule has 124 valence electrons. The summed E-state index contributed by atoms with van der Waals surface area (Å²) >= 11 is 0. The van der Waals surface area contributed by atoms with Crippen LogP contribution in [0.3, 0.4) is 0 Å². The van der Waals surface area contributed by atoms with Gasteiger partial charge in [0.2, 0.25) is 0 Å². The number of methoxy groups -OCH3 is 2. The van der Waals surface area contributed by atoms with Crippen molar-refractivity contribution < 1.29 is 18.7 Å². The Kier molecular flexibility index (Phi) is 4.33. The number of amides is 1. The summed E-state index contributed by atoms with van der Waals surface area (Å²) in [6, 6.07) is 7.85. The molecule has 24 heavy (non-hydrogen) atoms. The number of rotatable bonds is 5. The number of imidazole rings is 1. The second kappa shape index (κ2) is 6.57. The van der Waals surface area contributed by atoms with Crippen molar-refractivity contribution in [2.24, 2.45) is 0 Å². The first-order chi connectivity index (χ1) is 11.6. The molecule has 2 heterocycles. The molecule has 1 amide bonds. The highest BCUT2D eigenvalue weighted by Gasteiger charge is 2.11. The van der Waals surface area contributed by atoms with Crippen molar-refractivity contribution in [3.05, 3.63) is 59.8 Å². The van der Waals surface area contributed by atoms with Gasteiger partial charge in [-0.1, -0.05) is 0 Å². The summed E-state index contributed by atoms with van der Waals surface area (Å²) < 4.78 is 25.1. The van der Waals surface area contributed by atoms with E-state index in [4.69, 9.17) is 9.47 Å². The van der Waals surface area contributed by atoms with E-state index in [9.17, 15) is 9.18 Å². The molecular weight excluding hydrogens is 313 g/mol. The molecule has 0 aliphatic carbocycles. The minimum Gasteiger partial charge on any atom is -0.497 e. The third-order valence-corrected chi connectivity index (χ3v) is 3.51. The van der Waals surface area contributed by atoms with Crippen molar-refractivity contribution in [2.75, 3.05) is 14.2 Å². The second-order valence-corrected chi connectivity index (χ2v) is 5.13. The highest BCUT2D eigenvalue weighted by atomic mass is 19.1. The Morgan fingerprint density at radius 2 is 1.88 bits per heavy atom. The van der Waals surface area contributed by atoms with Gasteiger partial charge in [0.05, 0.1) is 26.5 Å². The number of carbonyl (C=O) groups is 1. The number of pyridine rings is 1. The number of nitrogens with one attached hydrogen (secondary N) is 1. The maximum Gasteiger partial charge on any atom is 0.251 e. The number of carbonyl (C=O) groups excluding carboxylic acids is 1. The van der Waals surface area contributed by atoms with Gasteiger partial charge in [-0.05, 0) is 24.3 Å². The Balaban J connectivity index is 1.74. The van der Waals surface area contributed by atoms with Crippen LogP contribution in [0.25, 0.3) is 5.65 Å². The SMILES string of the molecule is COc1cc(OC)cc(C(=O)NCc2cn3cc(F)ccc3n2)c1. The normalized spacial score (nSPS) is 10.6. The summed E-state index contributed by atoms with van der Waals surface area (Å²) in [5, 5.41) is 2.77. The number of aromatic nitrogens is 2. The monoisotopic (exact) mass is 329 g/mol. The minimum atomic E-state index is -0.348. The number of hydrogen-bond acceptors (Lipinski definition) is 4. The summed E-state index contributed by atoms with van der Waals surface area (Å²) in [5.74, 6) is 0.430. The highest BCUT2D eigenvalue weighted by molar-refractivity contribution is 5.95. The maximum atomic E-state index is 13.2. The molecule has 0 aliphatic rings. The van der Waals surface area contributed by atoms with Crippen LogP contribution in [0.2, 0.25) is 0 Å². The third-order valence-electron chi connectivity index (χ3n) is 3.51. The first kappa shape index (κ1) is 15.8. The minimum absolute atomic E-state index is 0.224. The number of nitrogens with zero attached hydrogens (tertiary/aromatic N) is 2. The Hall–Kier alpha value is -3.09. The lowest BCUT2D eigenvalue weighted by Gasteiger charge is -2.08. The van der Waals surface area contributed by atoms with E-state index in [0.717, 1.165) is 0 Å². The molecule has 0 atom stereocenters. The Morgan fingerprint density at radius 1 is 1.17 bits per heavy atom.